The van der Waals surface area contributed by atoms with Gasteiger partial charge in [-0.15, -0.1) is 0 Å². The van der Waals surface area contributed by atoms with Gasteiger partial charge in [0, 0.05) is 11.1 Å². The number of rotatable bonds is 2. The van der Waals surface area contributed by atoms with Gasteiger partial charge in [-0.05, 0) is 33.6 Å². The number of hydrogen-bond acceptors (Lipinski definition) is 3. The van der Waals surface area contributed by atoms with Crippen molar-refractivity contribution >= 4 is 5.97 Å². The molecule has 25 heavy (non-hydrogen) atoms. The van der Waals surface area contributed by atoms with Crippen LogP contribution in [0.5, 0.6) is 0 Å². The Labute approximate surface area is 149 Å². The Hall–Kier alpha value is -2.13. The van der Waals surface area contributed by atoms with Crippen molar-refractivity contribution in [2.75, 3.05) is 0 Å². The molecule has 0 aliphatic carbocycles. The van der Waals surface area contributed by atoms with Crippen LogP contribution in [0, 0.1) is 5.92 Å². The first-order valence-electron chi connectivity index (χ1n) is 8.93. The number of hydrogen-bond donors (Lipinski definition) is 0. The van der Waals surface area contributed by atoms with Crippen LogP contribution in [0.1, 0.15) is 44.7 Å². The smallest absolute Gasteiger partial charge is 0.313 e. The molecule has 3 nitrogen and oxygen atoms in total. The Kier molecular flexibility index (Phi) is 3.55. The summed E-state index contributed by atoms with van der Waals surface area (Å²) in [5.74, 6) is -0.409. The van der Waals surface area contributed by atoms with Gasteiger partial charge in [0.15, 0.2) is 5.60 Å². The fourth-order valence-electron chi connectivity index (χ4n) is 4.69. The van der Waals surface area contributed by atoms with Crippen molar-refractivity contribution in [1.82, 2.24) is 0 Å². The van der Waals surface area contributed by atoms with Gasteiger partial charge in [0.05, 0.1) is 11.5 Å². The van der Waals surface area contributed by atoms with E-state index >= 15 is 0 Å². The van der Waals surface area contributed by atoms with Gasteiger partial charge in [-0.1, -0.05) is 60.7 Å². The van der Waals surface area contributed by atoms with E-state index in [0.29, 0.717) is 0 Å². The molecule has 3 aliphatic heterocycles. The summed E-state index contributed by atoms with van der Waals surface area (Å²) in [6, 6.07) is 20.0. The van der Waals surface area contributed by atoms with Crippen LogP contribution in [-0.4, -0.2) is 17.2 Å². The Bertz CT molecular complexity index is 742. The summed E-state index contributed by atoms with van der Waals surface area (Å²) in [6.07, 6.45) is 1.56. The summed E-state index contributed by atoms with van der Waals surface area (Å²) in [5.41, 5.74) is -0.224. The molecule has 3 fully saturated rings. The molecule has 3 heteroatoms. The molecule has 130 valence electrons. The van der Waals surface area contributed by atoms with Gasteiger partial charge in [0.1, 0.15) is 5.60 Å². The van der Waals surface area contributed by atoms with Crippen LogP contribution in [0.4, 0.5) is 0 Å². The number of carbonyl (C=O) groups excluding carboxylic acids is 1. The Morgan fingerprint density at radius 3 is 1.88 bits per heavy atom. The lowest BCUT2D eigenvalue weighted by Gasteiger charge is -2.50. The number of fused-ring (bicyclic) bond motifs is 4. The number of ether oxygens (including phenoxy) is 2. The number of carbonyl (C=O) groups is 1. The summed E-state index contributed by atoms with van der Waals surface area (Å²) in [7, 11) is 0. The molecule has 2 atom stereocenters. The van der Waals surface area contributed by atoms with Crippen LogP contribution < -0.4 is 0 Å². The van der Waals surface area contributed by atoms with E-state index in [1.165, 1.54) is 0 Å². The molecule has 3 heterocycles. The van der Waals surface area contributed by atoms with E-state index in [0.717, 1.165) is 24.0 Å². The van der Waals surface area contributed by atoms with E-state index in [-0.39, 0.29) is 11.9 Å². The fourth-order valence-corrected chi connectivity index (χ4v) is 4.69. The lowest BCUT2D eigenvalue weighted by molar-refractivity contribution is -0.223. The molecular weight excluding hydrogens is 312 g/mol. The average Bonchev–Trinajstić information content (AvgIpc) is 2.75. The maximum atomic E-state index is 13.1. The highest BCUT2D eigenvalue weighted by atomic mass is 16.6. The second-order valence-electron chi connectivity index (χ2n) is 7.86. The molecule has 0 unspecified atom stereocenters. The Balaban J connectivity index is 2.02. The van der Waals surface area contributed by atoms with Gasteiger partial charge >= 0.3 is 5.97 Å². The molecule has 2 aromatic carbocycles. The lowest BCUT2D eigenvalue weighted by atomic mass is 9.69. The molecule has 0 radical (unpaired) electrons. The number of benzene rings is 2. The van der Waals surface area contributed by atoms with Crippen molar-refractivity contribution in [2.24, 2.45) is 5.92 Å². The summed E-state index contributed by atoms with van der Waals surface area (Å²) >= 11 is 0. The second-order valence-corrected chi connectivity index (χ2v) is 7.86. The van der Waals surface area contributed by atoms with Crippen LogP contribution in [0.25, 0.3) is 0 Å². The molecular formula is C22H24O3. The van der Waals surface area contributed by atoms with Crippen molar-refractivity contribution in [3.8, 4) is 0 Å². The van der Waals surface area contributed by atoms with Gasteiger partial charge in [-0.25, -0.2) is 0 Å². The predicted octanol–water partition coefficient (Wildman–Crippen LogP) is 4.45. The van der Waals surface area contributed by atoms with Gasteiger partial charge in [-0.3, -0.25) is 4.79 Å². The highest BCUT2D eigenvalue weighted by molar-refractivity contribution is 5.76. The third-order valence-electron chi connectivity index (χ3n) is 5.88. The normalized spacial score (nSPS) is 29.7. The first-order valence-corrected chi connectivity index (χ1v) is 8.93. The summed E-state index contributed by atoms with van der Waals surface area (Å²) in [4.78, 5) is 13.1. The summed E-state index contributed by atoms with van der Waals surface area (Å²) < 4.78 is 13.0. The monoisotopic (exact) mass is 336 g/mol. The van der Waals surface area contributed by atoms with Gasteiger partial charge < -0.3 is 9.47 Å². The molecule has 2 bridgehead atoms. The predicted molar refractivity (Wildman–Crippen MR) is 96.0 cm³/mol. The van der Waals surface area contributed by atoms with Crippen molar-refractivity contribution in [3.05, 3.63) is 71.8 Å². The Morgan fingerprint density at radius 1 is 0.880 bits per heavy atom. The van der Waals surface area contributed by atoms with E-state index in [9.17, 15) is 4.79 Å². The van der Waals surface area contributed by atoms with Gasteiger partial charge in [0.2, 0.25) is 0 Å². The van der Waals surface area contributed by atoms with Crippen LogP contribution in [0.3, 0.4) is 0 Å². The van der Waals surface area contributed by atoms with E-state index in [4.69, 9.17) is 9.47 Å². The zero-order valence-electron chi connectivity index (χ0n) is 15.0. The van der Waals surface area contributed by atoms with Crippen molar-refractivity contribution in [1.29, 1.82) is 0 Å². The maximum Gasteiger partial charge on any atom is 0.313 e. The molecule has 0 saturated carbocycles. The number of esters is 1. The highest BCUT2D eigenvalue weighted by Crippen LogP contribution is 2.56. The summed E-state index contributed by atoms with van der Waals surface area (Å²) in [6.45, 7) is 6.09. The van der Waals surface area contributed by atoms with E-state index < -0.39 is 16.8 Å². The van der Waals surface area contributed by atoms with Crippen LogP contribution in [0.2, 0.25) is 0 Å². The molecule has 2 aromatic rings. The third kappa shape index (κ3) is 2.26. The first-order chi connectivity index (χ1) is 11.9. The minimum absolute atomic E-state index is 0.168. The SMILES string of the molecule is CC1(C)O[C@@]2(C)CC[C@@H]1C(=O)OC2(c1ccccc1)c1ccccc1. The topological polar surface area (TPSA) is 35.5 Å². The minimum Gasteiger partial charge on any atom is -0.446 e. The molecule has 5 rings (SSSR count). The Morgan fingerprint density at radius 2 is 1.40 bits per heavy atom. The first kappa shape index (κ1) is 16.3. The molecule has 3 aliphatic rings. The van der Waals surface area contributed by atoms with Gasteiger partial charge in [0.25, 0.3) is 0 Å². The van der Waals surface area contributed by atoms with Crippen molar-refractivity contribution < 1.29 is 14.3 Å². The molecule has 0 aromatic heterocycles. The minimum atomic E-state index is -0.949. The van der Waals surface area contributed by atoms with E-state index in [1.807, 2.05) is 74.5 Å². The maximum absolute atomic E-state index is 13.1. The molecule has 3 saturated heterocycles. The molecule has 0 N–H and O–H groups in total. The molecule has 0 amide bonds. The lowest BCUT2D eigenvalue weighted by Crippen LogP contribution is -2.57. The fraction of sp³-hybridized carbons (Fsp3) is 0.409. The standard InChI is InChI=1S/C22H24O3/c1-20(2)18-14-15-21(3,25-20)22(24-19(18)23,16-10-6-4-7-11-16)17-12-8-5-9-13-17/h4-13,18H,14-15H2,1-3H3/t18-,21+/m1/s1. The zero-order chi connectivity index (χ0) is 17.7. The molecule has 0 spiro atoms. The van der Waals surface area contributed by atoms with Crippen molar-refractivity contribution in [2.45, 2.75) is 50.4 Å². The van der Waals surface area contributed by atoms with Crippen LogP contribution in [0.15, 0.2) is 60.7 Å². The largest absolute Gasteiger partial charge is 0.446 e. The third-order valence-corrected chi connectivity index (χ3v) is 5.88. The second kappa shape index (κ2) is 5.43. The van der Waals surface area contributed by atoms with E-state index in [1.54, 1.807) is 0 Å². The van der Waals surface area contributed by atoms with Crippen LogP contribution >= 0.6 is 0 Å². The quantitative estimate of drug-likeness (QED) is 0.760. The summed E-state index contributed by atoms with van der Waals surface area (Å²) in [5, 5.41) is 0. The zero-order valence-corrected chi connectivity index (χ0v) is 15.0. The van der Waals surface area contributed by atoms with Crippen molar-refractivity contribution in [3.63, 3.8) is 0 Å². The van der Waals surface area contributed by atoms with E-state index in [2.05, 4.69) is 6.92 Å². The van der Waals surface area contributed by atoms with Gasteiger partial charge in [-0.2, -0.15) is 0 Å². The average molecular weight is 336 g/mol. The highest BCUT2D eigenvalue weighted by Gasteiger charge is 2.64. The van der Waals surface area contributed by atoms with Crippen LogP contribution in [-0.2, 0) is 19.9 Å².